The van der Waals surface area contributed by atoms with Gasteiger partial charge in [-0.1, -0.05) is 69.5 Å². The fourth-order valence-electron chi connectivity index (χ4n) is 4.63. The van der Waals surface area contributed by atoms with Gasteiger partial charge in [0, 0.05) is 31.6 Å². The van der Waals surface area contributed by atoms with Crippen molar-refractivity contribution < 1.29 is 23.8 Å². The number of rotatable bonds is 10. The Morgan fingerprint density at radius 2 is 1.64 bits per heavy atom. The van der Waals surface area contributed by atoms with Crippen LogP contribution in [0.3, 0.4) is 0 Å². The standard InChI is InChI=1S/C33H25Br2Cl2N3O5/c1-3-43-26-13-12-18(15-27(26)44-4-2)33(42)45-31-19(14-20(34)16-23(31)35)17-38-40-32(41)30-28(21-8-5-6-10-24(21)36)22-9-7-11-25(37)29(22)39-30/h5-17,39H,3-4H2,1-2H3,(H,40,41). The van der Waals surface area contributed by atoms with Crippen molar-refractivity contribution >= 4 is 84.1 Å². The van der Waals surface area contributed by atoms with Crippen LogP contribution in [0.2, 0.25) is 10.0 Å². The first-order valence-electron chi connectivity index (χ1n) is 13.7. The summed E-state index contributed by atoms with van der Waals surface area (Å²) in [5, 5.41) is 5.84. The third-order valence-corrected chi connectivity index (χ3v) is 8.23. The van der Waals surface area contributed by atoms with Crippen LogP contribution >= 0.6 is 55.1 Å². The Morgan fingerprint density at radius 3 is 2.40 bits per heavy atom. The molecule has 12 heteroatoms. The van der Waals surface area contributed by atoms with Crippen molar-refractivity contribution in [2.24, 2.45) is 5.10 Å². The van der Waals surface area contributed by atoms with Gasteiger partial charge in [-0.25, -0.2) is 10.2 Å². The fraction of sp³-hybridized carbons (Fsp3) is 0.121. The maximum Gasteiger partial charge on any atom is 0.343 e. The van der Waals surface area contributed by atoms with Gasteiger partial charge in [0.15, 0.2) is 17.2 Å². The van der Waals surface area contributed by atoms with E-state index in [1.54, 1.807) is 48.5 Å². The predicted molar refractivity (Wildman–Crippen MR) is 184 cm³/mol. The number of aromatic nitrogens is 1. The van der Waals surface area contributed by atoms with E-state index >= 15 is 0 Å². The van der Waals surface area contributed by atoms with Crippen molar-refractivity contribution in [3.63, 3.8) is 0 Å². The lowest BCUT2D eigenvalue weighted by atomic mass is 10.0. The molecule has 45 heavy (non-hydrogen) atoms. The topological polar surface area (TPSA) is 102 Å². The summed E-state index contributed by atoms with van der Waals surface area (Å²) in [5.41, 5.74) is 5.30. The zero-order valence-electron chi connectivity index (χ0n) is 23.9. The summed E-state index contributed by atoms with van der Waals surface area (Å²) < 4.78 is 18.2. The summed E-state index contributed by atoms with van der Waals surface area (Å²) in [6.07, 6.45) is 1.38. The molecular weight excluding hydrogens is 749 g/mol. The quantitative estimate of drug-likeness (QED) is 0.0638. The summed E-state index contributed by atoms with van der Waals surface area (Å²) in [7, 11) is 0. The van der Waals surface area contributed by atoms with Crippen LogP contribution in [0.25, 0.3) is 22.0 Å². The number of hydrogen-bond acceptors (Lipinski definition) is 6. The molecule has 0 aliphatic heterocycles. The number of hydrazone groups is 1. The molecule has 0 atom stereocenters. The normalized spacial score (nSPS) is 11.2. The van der Waals surface area contributed by atoms with Crippen LogP contribution in [0.5, 0.6) is 17.2 Å². The lowest BCUT2D eigenvalue weighted by molar-refractivity contribution is 0.0732. The van der Waals surface area contributed by atoms with E-state index in [1.807, 2.05) is 38.1 Å². The highest BCUT2D eigenvalue weighted by atomic mass is 79.9. The van der Waals surface area contributed by atoms with Gasteiger partial charge in [0.1, 0.15) is 5.69 Å². The van der Waals surface area contributed by atoms with Gasteiger partial charge in [0.05, 0.1) is 40.0 Å². The number of nitrogens with one attached hydrogen (secondary N) is 2. The first-order valence-corrected chi connectivity index (χ1v) is 16.0. The summed E-state index contributed by atoms with van der Waals surface area (Å²) >= 11 is 19.9. The summed E-state index contributed by atoms with van der Waals surface area (Å²) in [6.45, 7) is 4.55. The molecule has 0 aliphatic carbocycles. The number of hydrogen-bond donors (Lipinski definition) is 2. The molecule has 2 N–H and O–H groups in total. The number of carbonyl (C=O) groups is 2. The van der Waals surface area contributed by atoms with Crippen molar-refractivity contribution in [2.75, 3.05) is 13.2 Å². The second-order valence-corrected chi connectivity index (χ2v) is 12.0. The Balaban J connectivity index is 1.43. The highest BCUT2D eigenvalue weighted by Gasteiger charge is 2.22. The van der Waals surface area contributed by atoms with E-state index in [9.17, 15) is 9.59 Å². The van der Waals surface area contributed by atoms with E-state index in [1.165, 1.54) is 6.21 Å². The third-order valence-electron chi connectivity index (χ3n) is 6.53. The fourth-order valence-corrected chi connectivity index (χ4v) is 6.42. The van der Waals surface area contributed by atoms with Crippen LogP contribution < -0.4 is 19.6 Å². The molecule has 0 saturated heterocycles. The molecule has 0 bridgehead atoms. The van der Waals surface area contributed by atoms with Crippen LogP contribution in [-0.2, 0) is 0 Å². The number of fused-ring (bicyclic) bond motifs is 1. The van der Waals surface area contributed by atoms with Gasteiger partial charge in [0.2, 0.25) is 0 Å². The second kappa shape index (κ2) is 14.5. The van der Waals surface area contributed by atoms with Gasteiger partial charge in [-0.05, 0) is 72.2 Å². The zero-order chi connectivity index (χ0) is 32.1. The van der Waals surface area contributed by atoms with Crippen molar-refractivity contribution in [1.82, 2.24) is 10.4 Å². The minimum Gasteiger partial charge on any atom is -0.490 e. The molecule has 1 heterocycles. The van der Waals surface area contributed by atoms with Crippen LogP contribution in [0, 0.1) is 0 Å². The second-order valence-electron chi connectivity index (χ2n) is 9.44. The van der Waals surface area contributed by atoms with Crippen molar-refractivity contribution in [1.29, 1.82) is 0 Å². The van der Waals surface area contributed by atoms with E-state index in [0.717, 1.165) is 5.39 Å². The molecule has 4 aromatic carbocycles. The number of para-hydroxylation sites is 1. The van der Waals surface area contributed by atoms with Gasteiger partial charge >= 0.3 is 5.97 Å². The summed E-state index contributed by atoms with van der Waals surface area (Å²) in [5.74, 6) is 0.00272. The number of H-pyrrole nitrogens is 1. The molecule has 0 spiro atoms. The highest BCUT2D eigenvalue weighted by molar-refractivity contribution is 9.11. The number of amides is 1. The molecule has 8 nitrogen and oxygen atoms in total. The first kappa shape index (κ1) is 32.6. The lowest BCUT2D eigenvalue weighted by Gasteiger charge is -2.13. The van der Waals surface area contributed by atoms with E-state index < -0.39 is 11.9 Å². The minimum absolute atomic E-state index is 0.196. The number of carbonyl (C=O) groups excluding carboxylic acids is 2. The predicted octanol–water partition coefficient (Wildman–Crippen LogP) is 9.45. The number of esters is 1. The van der Waals surface area contributed by atoms with Crippen molar-refractivity contribution in [3.05, 3.63) is 109 Å². The summed E-state index contributed by atoms with van der Waals surface area (Å²) in [4.78, 5) is 29.8. The SMILES string of the molecule is CCOc1ccc(C(=O)Oc2c(Br)cc(Br)cc2C=NNC(=O)c2[nH]c3c(Cl)cccc3c2-c2ccccc2Cl)cc1OCC. The molecular formula is C33H25Br2Cl2N3O5. The van der Waals surface area contributed by atoms with Crippen LogP contribution in [-0.4, -0.2) is 36.3 Å². The Bertz CT molecular complexity index is 1940. The van der Waals surface area contributed by atoms with E-state index in [0.29, 0.717) is 65.9 Å². The molecule has 0 unspecified atom stereocenters. The van der Waals surface area contributed by atoms with Crippen LogP contribution in [0.4, 0.5) is 0 Å². The van der Waals surface area contributed by atoms with Crippen LogP contribution in [0.15, 0.2) is 86.8 Å². The van der Waals surface area contributed by atoms with E-state index in [4.69, 9.17) is 37.4 Å². The van der Waals surface area contributed by atoms with Gasteiger partial charge in [-0.3, -0.25) is 4.79 Å². The molecule has 230 valence electrons. The first-order chi connectivity index (χ1) is 21.7. The maximum absolute atomic E-state index is 13.5. The largest absolute Gasteiger partial charge is 0.490 e. The lowest BCUT2D eigenvalue weighted by Crippen LogP contribution is -2.19. The Labute approximate surface area is 285 Å². The molecule has 0 fully saturated rings. The van der Waals surface area contributed by atoms with Gasteiger partial charge in [0.25, 0.3) is 5.91 Å². The van der Waals surface area contributed by atoms with Crippen molar-refractivity contribution in [3.8, 4) is 28.4 Å². The number of aromatic amines is 1. The molecule has 0 aliphatic rings. The molecule has 1 amide bonds. The van der Waals surface area contributed by atoms with Gasteiger partial charge in [-0.2, -0.15) is 5.10 Å². The monoisotopic (exact) mass is 771 g/mol. The summed E-state index contributed by atoms with van der Waals surface area (Å²) in [6, 6.07) is 20.9. The molecule has 0 radical (unpaired) electrons. The molecule has 5 aromatic rings. The number of nitrogens with zero attached hydrogens (tertiary/aromatic N) is 1. The Morgan fingerprint density at radius 1 is 0.911 bits per heavy atom. The highest BCUT2D eigenvalue weighted by Crippen LogP contribution is 2.39. The van der Waals surface area contributed by atoms with Gasteiger partial charge < -0.3 is 19.2 Å². The maximum atomic E-state index is 13.5. The number of ether oxygens (including phenoxy) is 3. The number of benzene rings is 4. The van der Waals surface area contributed by atoms with E-state index in [2.05, 4.69) is 47.4 Å². The molecule has 0 saturated carbocycles. The average Bonchev–Trinajstić information content (AvgIpc) is 3.41. The average molecular weight is 774 g/mol. The Kier molecular flexibility index (Phi) is 10.5. The smallest absolute Gasteiger partial charge is 0.343 e. The molecule has 1 aromatic heterocycles. The zero-order valence-corrected chi connectivity index (χ0v) is 28.6. The third kappa shape index (κ3) is 7.20. The Hall–Kier alpha value is -3.83. The molecule has 5 rings (SSSR count). The van der Waals surface area contributed by atoms with Crippen molar-refractivity contribution in [2.45, 2.75) is 13.8 Å². The van der Waals surface area contributed by atoms with Gasteiger partial charge in [-0.15, -0.1) is 0 Å². The van der Waals surface area contributed by atoms with Crippen LogP contribution in [0.1, 0.15) is 40.3 Å². The minimum atomic E-state index is -0.625. The van der Waals surface area contributed by atoms with E-state index in [-0.39, 0.29) is 17.0 Å². The number of halogens is 4.